The first-order valence-corrected chi connectivity index (χ1v) is 3.40. The molecule has 5 nitrogen and oxygen atoms in total. The molecule has 0 bridgehead atoms. The van der Waals surface area contributed by atoms with Crippen LogP contribution in [0, 0.1) is 0 Å². The second-order valence-electron chi connectivity index (χ2n) is 1.37. The summed E-state index contributed by atoms with van der Waals surface area (Å²) in [5, 5.41) is 9.19. The first-order valence-electron chi connectivity index (χ1n) is 2.55. The Morgan fingerprint density at radius 3 is 1.44 bits per heavy atom. The lowest BCUT2D eigenvalue weighted by molar-refractivity contribution is 0.443. The van der Waals surface area contributed by atoms with Crippen molar-refractivity contribution in [1.82, 2.24) is 16.0 Å². The van der Waals surface area contributed by atoms with Gasteiger partial charge >= 0.3 is 8.69 Å². The van der Waals surface area contributed by atoms with Crippen molar-refractivity contribution in [1.29, 1.82) is 0 Å². The molecule has 1 heterocycles. The molecule has 1 aliphatic heterocycles. The molecule has 4 N–H and O–H groups in total. The maximum atomic E-state index is 8.51. The molecule has 1 unspecified atom stereocenters. The van der Waals surface area contributed by atoms with Crippen LogP contribution in [0.5, 0.6) is 0 Å². The Labute approximate surface area is 55.1 Å². The fourth-order valence-electron chi connectivity index (χ4n) is 0.453. The normalized spacial score (nSPS) is 18.3. The van der Waals surface area contributed by atoms with Crippen LogP contribution in [-0.4, -0.2) is 24.9 Å². The van der Waals surface area contributed by atoms with Crippen LogP contribution < -0.4 is 16.0 Å². The summed E-state index contributed by atoms with van der Waals surface area (Å²) in [7, 11) is -1.17. The van der Waals surface area contributed by atoms with E-state index in [1.807, 2.05) is 0 Å². The van der Waals surface area contributed by atoms with Crippen molar-refractivity contribution in [3.63, 3.8) is 0 Å². The summed E-state index contributed by atoms with van der Waals surface area (Å²) in [6, 6.07) is 0. The van der Waals surface area contributed by atoms with Crippen LogP contribution in [0.4, 0.5) is 0 Å². The zero-order chi connectivity index (χ0) is 6.95. The van der Waals surface area contributed by atoms with Crippen LogP contribution in [0.1, 0.15) is 0 Å². The van der Waals surface area contributed by atoms with Crippen molar-refractivity contribution in [3.05, 3.63) is 0 Å². The van der Waals surface area contributed by atoms with Crippen molar-refractivity contribution in [2.75, 3.05) is 20.0 Å². The van der Waals surface area contributed by atoms with Crippen molar-refractivity contribution in [3.8, 4) is 0 Å². The van der Waals surface area contributed by atoms with Gasteiger partial charge in [0.05, 0.1) is 0 Å². The number of nitrogens with one attached hydrogen (secondary N) is 3. The minimum absolute atomic E-state index is 0.938. The molecule has 0 spiro atoms. The Hall–Kier alpha value is -0.0600. The van der Waals surface area contributed by atoms with E-state index < -0.39 is 8.69 Å². The number of hydrogen-bond donors (Lipinski definition) is 4. The zero-order valence-corrected chi connectivity index (χ0v) is 5.98. The van der Waals surface area contributed by atoms with Gasteiger partial charge in [-0.3, -0.25) is 16.0 Å². The third-order valence-electron chi connectivity index (χ3n) is 0.750. The van der Waals surface area contributed by atoms with Crippen LogP contribution in [0.25, 0.3) is 0 Å². The molecule has 1 fully saturated rings. The summed E-state index contributed by atoms with van der Waals surface area (Å²) in [5.41, 5.74) is 0. The largest absolute Gasteiger partial charge is 0.491 e. The van der Waals surface area contributed by atoms with E-state index in [1.165, 1.54) is 0 Å². The quantitative estimate of drug-likeness (QED) is 0.320. The summed E-state index contributed by atoms with van der Waals surface area (Å²) in [6.45, 7) is 2.81. The molecule has 0 amide bonds. The fraction of sp³-hybridized carbons (Fsp3) is 1.00. The van der Waals surface area contributed by atoms with E-state index in [9.17, 15) is 0 Å². The van der Waals surface area contributed by atoms with Gasteiger partial charge in [-0.15, -0.1) is 0 Å². The van der Waals surface area contributed by atoms with Gasteiger partial charge in [-0.2, -0.15) is 4.89 Å². The average Bonchev–Trinajstić information content (AvgIpc) is 1.93. The Balaban J connectivity index is 0.000000187. The van der Waals surface area contributed by atoms with Crippen molar-refractivity contribution in [2.45, 2.75) is 0 Å². The highest BCUT2D eigenvalue weighted by atomic mass is 31.1. The molecule has 1 atom stereocenters. The molecule has 1 saturated heterocycles. The molecule has 0 aliphatic carbocycles. The molecule has 0 aromatic carbocycles. The SMILES string of the molecule is C1NCNCN1.O=[PH+]O. The second-order valence-corrected chi connectivity index (χ2v) is 1.55. The third-order valence-corrected chi connectivity index (χ3v) is 0.750. The van der Waals surface area contributed by atoms with Gasteiger partial charge in [-0.1, -0.05) is 0 Å². The lowest BCUT2D eigenvalue weighted by Crippen LogP contribution is -2.47. The molecule has 9 heavy (non-hydrogen) atoms. The van der Waals surface area contributed by atoms with Crippen molar-refractivity contribution in [2.24, 2.45) is 0 Å². The topological polar surface area (TPSA) is 73.4 Å². The summed E-state index contributed by atoms with van der Waals surface area (Å²) < 4.78 is 8.51. The summed E-state index contributed by atoms with van der Waals surface area (Å²) in [6.07, 6.45) is 0. The minimum Gasteiger partial charge on any atom is -0.292 e. The van der Waals surface area contributed by atoms with Crippen molar-refractivity contribution >= 4 is 8.69 Å². The maximum Gasteiger partial charge on any atom is 0.491 e. The van der Waals surface area contributed by atoms with Crippen LogP contribution in [-0.2, 0) is 4.57 Å². The molecule has 6 heteroatoms. The Morgan fingerprint density at radius 1 is 1.11 bits per heavy atom. The average molecular weight is 152 g/mol. The monoisotopic (exact) mass is 152 g/mol. The number of rotatable bonds is 0. The van der Waals surface area contributed by atoms with Gasteiger partial charge in [0.25, 0.3) is 0 Å². The highest BCUT2D eigenvalue weighted by Crippen LogP contribution is 1.66. The van der Waals surface area contributed by atoms with Gasteiger partial charge in [-0.05, 0) is 4.57 Å². The van der Waals surface area contributed by atoms with Crippen LogP contribution in [0.15, 0.2) is 0 Å². The summed E-state index contributed by atoms with van der Waals surface area (Å²) in [4.78, 5) is 7.04. The minimum atomic E-state index is -1.17. The predicted octanol–water partition coefficient (Wildman–Crippen LogP) is -1.44. The molecule has 1 rings (SSSR count). The molecule has 54 valence electrons. The highest BCUT2D eigenvalue weighted by Gasteiger charge is 1.89. The summed E-state index contributed by atoms with van der Waals surface area (Å²) in [5.74, 6) is 0. The Bertz CT molecular complexity index is 56.6. The molecule has 1 aliphatic rings. The van der Waals surface area contributed by atoms with E-state index in [2.05, 4.69) is 16.0 Å². The van der Waals surface area contributed by atoms with E-state index >= 15 is 0 Å². The van der Waals surface area contributed by atoms with Gasteiger partial charge in [0.1, 0.15) is 0 Å². The molecule has 0 radical (unpaired) electrons. The zero-order valence-electron chi connectivity index (χ0n) is 4.98. The van der Waals surface area contributed by atoms with Crippen molar-refractivity contribution < 1.29 is 9.46 Å². The van der Waals surface area contributed by atoms with E-state index in [0.29, 0.717) is 0 Å². The maximum absolute atomic E-state index is 8.51. The third kappa shape index (κ3) is 7.94. The van der Waals surface area contributed by atoms with Crippen LogP contribution >= 0.6 is 8.69 Å². The summed E-state index contributed by atoms with van der Waals surface area (Å²) >= 11 is 0. The fourth-order valence-corrected chi connectivity index (χ4v) is 0.453. The molecule has 0 aromatic rings. The van der Waals surface area contributed by atoms with Gasteiger partial charge in [0.2, 0.25) is 0 Å². The molecular formula is C3H11N3O2P+. The Morgan fingerprint density at radius 2 is 1.33 bits per heavy atom. The standard InChI is InChI=1S/C3H9N3.HO2P/c1-4-2-6-3-5-1;1-3-2/h4-6H,1-3H2;3H/p+1. The van der Waals surface area contributed by atoms with E-state index in [-0.39, 0.29) is 0 Å². The molecule has 0 saturated carbocycles. The lowest BCUT2D eigenvalue weighted by Gasteiger charge is -2.13. The van der Waals surface area contributed by atoms with Gasteiger partial charge in [0, 0.05) is 20.0 Å². The van der Waals surface area contributed by atoms with Gasteiger partial charge < -0.3 is 0 Å². The van der Waals surface area contributed by atoms with E-state index in [1.54, 1.807) is 0 Å². The number of hydrogen-bond acceptors (Lipinski definition) is 4. The van der Waals surface area contributed by atoms with Gasteiger partial charge in [-0.25, -0.2) is 0 Å². The highest BCUT2D eigenvalue weighted by molar-refractivity contribution is 7.16. The molecular weight excluding hydrogens is 141 g/mol. The van der Waals surface area contributed by atoms with Crippen LogP contribution in [0.2, 0.25) is 0 Å². The second kappa shape index (κ2) is 7.94. The molecule has 0 aromatic heterocycles. The van der Waals surface area contributed by atoms with Gasteiger partial charge in [0.15, 0.2) is 0 Å². The lowest BCUT2D eigenvalue weighted by atomic mass is 10.8. The first-order chi connectivity index (χ1) is 4.41. The predicted molar refractivity (Wildman–Crippen MR) is 35.2 cm³/mol. The van der Waals surface area contributed by atoms with E-state index in [4.69, 9.17) is 9.46 Å². The smallest absolute Gasteiger partial charge is 0.292 e. The first kappa shape index (κ1) is 8.94. The van der Waals surface area contributed by atoms with Crippen LogP contribution in [0.3, 0.4) is 0 Å². The van der Waals surface area contributed by atoms with E-state index in [0.717, 1.165) is 20.0 Å². The Kier molecular flexibility index (Phi) is 7.89.